The molecule has 0 heterocycles. The van der Waals surface area contributed by atoms with Gasteiger partial charge in [0.05, 0.1) is 23.7 Å². The number of nitrogens with one attached hydrogen (secondary N) is 2. The molecule has 0 aromatic heterocycles. The van der Waals surface area contributed by atoms with Gasteiger partial charge in [-0.05, 0) is 110 Å². The van der Waals surface area contributed by atoms with E-state index >= 15 is 0 Å². The first-order chi connectivity index (χ1) is 24.8. The van der Waals surface area contributed by atoms with Crippen LogP contribution in [-0.2, 0) is 21.4 Å². The van der Waals surface area contributed by atoms with Crippen LogP contribution in [0.15, 0.2) is 108 Å². The Morgan fingerprint density at radius 3 is 2.19 bits per heavy atom. The molecule has 0 unspecified atom stereocenters. The summed E-state index contributed by atoms with van der Waals surface area (Å²) in [4.78, 5) is 38.7. The van der Waals surface area contributed by atoms with Gasteiger partial charge in [-0.15, -0.1) is 0 Å². The SMILES string of the molecule is CCN(c1ccccc1)S(=O)(=O)c1cc(NC(=O)N(Cc2ccc(C(=O)NCC(F)(F)C(=O)O)cc2)c2ccc(C3=CCCCC3)cc2)ccc1C. The Labute approximate surface area is 301 Å². The van der Waals surface area contributed by atoms with E-state index in [-0.39, 0.29) is 29.2 Å². The Hall–Kier alpha value is -5.56. The maximum absolute atomic E-state index is 14.0. The number of carbonyl (C=O) groups is 3. The summed E-state index contributed by atoms with van der Waals surface area (Å²) in [5, 5.41) is 13.4. The summed E-state index contributed by atoms with van der Waals surface area (Å²) in [7, 11) is -4.00. The van der Waals surface area contributed by atoms with E-state index in [1.807, 2.05) is 29.6 Å². The zero-order valence-corrected chi connectivity index (χ0v) is 29.6. The van der Waals surface area contributed by atoms with Crippen molar-refractivity contribution < 1.29 is 36.7 Å². The van der Waals surface area contributed by atoms with E-state index in [1.165, 1.54) is 33.0 Å². The minimum absolute atomic E-state index is 0.0241. The number of amides is 3. The first kappa shape index (κ1) is 37.7. The molecule has 0 saturated carbocycles. The Morgan fingerprint density at radius 1 is 0.885 bits per heavy atom. The molecule has 13 heteroatoms. The molecule has 0 aliphatic heterocycles. The molecule has 3 amide bonds. The molecular weight excluding hydrogens is 691 g/mol. The Bertz CT molecular complexity index is 2050. The Morgan fingerprint density at radius 2 is 1.58 bits per heavy atom. The van der Waals surface area contributed by atoms with Crippen LogP contribution in [0.4, 0.5) is 30.6 Å². The summed E-state index contributed by atoms with van der Waals surface area (Å²) in [5.41, 5.74) is 4.75. The molecule has 0 fully saturated rings. The van der Waals surface area contributed by atoms with Gasteiger partial charge in [-0.3, -0.25) is 14.0 Å². The zero-order valence-electron chi connectivity index (χ0n) is 28.8. The van der Waals surface area contributed by atoms with Crippen LogP contribution in [0.25, 0.3) is 5.57 Å². The monoisotopic (exact) mass is 730 g/mol. The highest BCUT2D eigenvalue weighted by Gasteiger charge is 2.39. The molecule has 1 aliphatic rings. The van der Waals surface area contributed by atoms with Crippen molar-refractivity contribution in [2.45, 2.75) is 56.9 Å². The molecule has 10 nitrogen and oxygen atoms in total. The highest BCUT2D eigenvalue weighted by Crippen LogP contribution is 2.31. The second kappa shape index (κ2) is 16.2. The lowest BCUT2D eigenvalue weighted by atomic mass is 9.93. The standard InChI is InChI=1S/C39H40F2N4O6S/c1-3-45(34-12-8-5-9-13-34)52(50,51)35-24-32(21-14-27(35)2)43-38(49)44(33-22-19-30(20-23-33)29-10-6-4-7-11-29)25-28-15-17-31(18-16-28)36(46)42-26-39(40,41)37(47)48/h5,8-10,12-24H,3-4,6-7,11,25-26H2,1-2H3,(H,42,46)(H,43,49)(H,47,48). The summed E-state index contributed by atoms with van der Waals surface area (Å²) in [6.45, 7) is 2.29. The third-order valence-corrected chi connectivity index (χ3v) is 10.8. The lowest BCUT2D eigenvalue weighted by molar-refractivity contribution is -0.163. The predicted molar refractivity (Wildman–Crippen MR) is 197 cm³/mol. The number of carboxylic acid groups (broad SMARTS) is 1. The number of carbonyl (C=O) groups excluding carboxylic acids is 2. The van der Waals surface area contributed by atoms with Gasteiger partial charge in [-0.25, -0.2) is 18.0 Å². The van der Waals surface area contributed by atoms with Crippen LogP contribution in [-0.4, -0.2) is 50.4 Å². The van der Waals surface area contributed by atoms with E-state index < -0.39 is 40.4 Å². The lowest BCUT2D eigenvalue weighted by Crippen LogP contribution is -2.42. The number of benzene rings is 4. The topological polar surface area (TPSA) is 136 Å². The van der Waals surface area contributed by atoms with Crippen LogP contribution in [0, 0.1) is 6.92 Å². The van der Waals surface area contributed by atoms with E-state index in [1.54, 1.807) is 68.4 Å². The number of sulfonamides is 1. The number of anilines is 3. The molecule has 0 radical (unpaired) electrons. The fraction of sp³-hybridized carbons (Fsp3) is 0.256. The van der Waals surface area contributed by atoms with Crippen molar-refractivity contribution >= 4 is 50.6 Å². The van der Waals surface area contributed by atoms with Crippen molar-refractivity contribution in [1.29, 1.82) is 0 Å². The highest BCUT2D eigenvalue weighted by molar-refractivity contribution is 7.92. The van der Waals surface area contributed by atoms with Gasteiger partial charge in [-0.1, -0.05) is 54.6 Å². The van der Waals surface area contributed by atoms with E-state index in [0.717, 1.165) is 31.2 Å². The first-order valence-corrected chi connectivity index (χ1v) is 18.3. The Kier molecular flexibility index (Phi) is 11.7. The number of urea groups is 1. The number of hydrogen-bond acceptors (Lipinski definition) is 5. The van der Waals surface area contributed by atoms with Crippen LogP contribution in [0.3, 0.4) is 0 Å². The normalized spacial score (nSPS) is 13.1. The number of halogens is 2. The molecule has 4 aromatic carbocycles. The van der Waals surface area contributed by atoms with Gasteiger partial charge in [0.25, 0.3) is 15.9 Å². The fourth-order valence-electron chi connectivity index (χ4n) is 5.90. The largest absolute Gasteiger partial charge is 0.477 e. The van der Waals surface area contributed by atoms with Gasteiger partial charge in [0.2, 0.25) is 0 Å². The van der Waals surface area contributed by atoms with Gasteiger partial charge in [0, 0.05) is 23.5 Å². The lowest BCUT2D eigenvalue weighted by Gasteiger charge is -2.26. The number of alkyl halides is 2. The highest BCUT2D eigenvalue weighted by atomic mass is 32.2. The minimum Gasteiger partial charge on any atom is -0.477 e. The molecular formula is C39H40F2N4O6S. The van der Waals surface area contributed by atoms with Gasteiger partial charge in [0.15, 0.2) is 0 Å². The maximum Gasteiger partial charge on any atom is 0.376 e. The van der Waals surface area contributed by atoms with Crippen LogP contribution < -0.4 is 19.8 Å². The quantitative estimate of drug-likeness (QED) is 0.128. The number of allylic oxidation sites excluding steroid dienone is 2. The van der Waals surface area contributed by atoms with E-state index in [9.17, 15) is 31.6 Å². The minimum atomic E-state index is -4.12. The van der Waals surface area contributed by atoms with Crippen molar-refractivity contribution in [2.75, 3.05) is 27.6 Å². The molecule has 272 valence electrons. The average molecular weight is 731 g/mol. The van der Waals surface area contributed by atoms with Crippen LogP contribution in [0.5, 0.6) is 0 Å². The van der Waals surface area contributed by atoms with Crippen molar-refractivity contribution in [3.63, 3.8) is 0 Å². The van der Waals surface area contributed by atoms with E-state index in [2.05, 4.69) is 11.4 Å². The second-order valence-electron chi connectivity index (χ2n) is 12.4. The Balaban J connectivity index is 1.41. The number of carboxylic acids is 1. The summed E-state index contributed by atoms with van der Waals surface area (Å²) in [5.74, 6) is -7.34. The van der Waals surface area contributed by atoms with Crippen molar-refractivity contribution in [2.24, 2.45) is 0 Å². The summed E-state index contributed by atoms with van der Waals surface area (Å²) < 4.78 is 56.0. The third-order valence-electron chi connectivity index (χ3n) is 8.77. The maximum atomic E-state index is 14.0. The summed E-state index contributed by atoms with van der Waals surface area (Å²) in [6.07, 6.45) is 6.46. The molecule has 3 N–H and O–H groups in total. The molecule has 4 aromatic rings. The van der Waals surface area contributed by atoms with Gasteiger partial charge < -0.3 is 15.7 Å². The number of rotatable bonds is 13. The van der Waals surface area contributed by atoms with E-state index in [4.69, 9.17) is 5.11 Å². The smallest absolute Gasteiger partial charge is 0.376 e. The molecule has 5 rings (SSSR count). The molecule has 1 aliphatic carbocycles. The van der Waals surface area contributed by atoms with Crippen molar-refractivity contribution in [3.05, 3.63) is 125 Å². The predicted octanol–water partition coefficient (Wildman–Crippen LogP) is 7.86. The number of para-hydroxylation sites is 1. The second-order valence-corrected chi connectivity index (χ2v) is 14.2. The molecule has 0 saturated heterocycles. The van der Waals surface area contributed by atoms with Gasteiger partial charge >= 0.3 is 17.9 Å². The van der Waals surface area contributed by atoms with Crippen LogP contribution >= 0.6 is 0 Å². The molecule has 0 atom stereocenters. The first-order valence-electron chi connectivity index (χ1n) is 16.8. The average Bonchev–Trinajstić information content (AvgIpc) is 3.15. The molecule has 52 heavy (non-hydrogen) atoms. The number of aryl methyl sites for hydroxylation is 1. The summed E-state index contributed by atoms with van der Waals surface area (Å²) >= 11 is 0. The van der Waals surface area contributed by atoms with Crippen LogP contribution in [0.2, 0.25) is 0 Å². The zero-order chi connectivity index (χ0) is 37.5. The van der Waals surface area contributed by atoms with E-state index in [0.29, 0.717) is 22.5 Å². The summed E-state index contributed by atoms with van der Waals surface area (Å²) in [6, 6.07) is 26.4. The van der Waals surface area contributed by atoms with Gasteiger partial charge in [0.1, 0.15) is 0 Å². The number of aliphatic carboxylic acids is 1. The third kappa shape index (κ3) is 8.83. The molecule has 0 spiro atoms. The molecule has 0 bridgehead atoms. The van der Waals surface area contributed by atoms with Crippen molar-refractivity contribution in [3.8, 4) is 0 Å². The number of nitrogens with zero attached hydrogens (tertiary/aromatic N) is 2. The van der Waals surface area contributed by atoms with Crippen LogP contribution in [0.1, 0.15) is 59.7 Å². The number of hydrogen-bond donors (Lipinski definition) is 3. The fourth-order valence-corrected chi connectivity index (χ4v) is 7.63. The van der Waals surface area contributed by atoms with Crippen molar-refractivity contribution in [1.82, 2.24) is 5.32 Å². The van der Waals surface area contributed by atoms with Gasteiger partial charge in [-0.2, -0.15) is 8.78 Å².